The number of halogens is 1. The highest BCUT2D eigenvalue weighted by molar-refractivity contribution is 6.35. The van der Waals surface area contributed by atoms with Crippen LogP contribution in [0.3, 0.4) is 0 Å². The van der Waals surface area contributed by atoms with E-state index in [4.69, 9.17) is 22.1 Å². The lowest BCUT2D eigenvalue weighted by Crippen LogP contribution is -2.05. The summed E-state index contributed by atoms with van der Waals surface area (Å²) in [4.78, 5) is 12.5. The zero-order valence-electron chi connectivity index (χ0n) is 11.0. The lowest BCUT2D eigenvalue weighted by atomic mass is 9.99. The minimum absolute atomic E-state index is 0.0997. The third-order valence-corrected chi connectivity index (χ3v) is 3.71. The van der Waals surface area contributed by atoms with Crippen LogP contribution in [-0.2, 0) is 6.42 Å². The van der Waals surface area contributed by atoms with E-state index in [0.717, 1.165) is 17.7 Å². The van der Waals surface area contributed by atoms with Crippen molar-refractivity contribution in [3.8, 4) is 5.75 Å². The molecule has 0 aromatic heterocycles. The Balaban J connectivity index is 1.97. The number of hydrogen-bond donors (Lipinski definition) is 1. The number of hydrogen-bond acceptors (Lipinski definition) is 3. The number of benzene rings is 2. The Kier molecular flexibility index (Phi) is 3.14. The van der Waals surface area contributed by atoms with Crippen LogP contribution in [0.1, 0.15) is 28.4 Å². The quantitative estimate of drug-likeness (QED) is 0.679. The maximum Gasteiger partial charge on any atom is 0.194 e. The van der Waals surface area contributed by atoms with Gasteiger partial charge in [-0.2, -0.15) is 0 Å². The minimum atomic E-state index is -0.0997. The number of rotatable bonds is 2. The summed E-state index contributed by atoms with van der Waals surface area (Å²) in [6, 6.07) is 10.4. The molecular formula is C16H14ClNO2. The second kappa shape index (κ2) is 4.84. The second-order valence-electron chi connectivity index (χ2n) is 5.02. The Hall–Kier alpha value is -2.00. The Morgan fingerprint density at radius 2 is 2.10 bits per heavy atom. The Morgan fingerprint density at radius 1 is 1.30 bits per heavy atom. The number of fused-ring (bicyclic) bond motifs is 1. The normalized spacial score (nSPS) is 16.6. The number of anilines is 1. The predicted molar refractivity (Wildman–Crippen MR) is 79.5 cm³/mol. The molecule has 1 atom stereocenters. The van der Waals surface area contributed by atoms with Gasteiger partial charge in [-0.25, -0.2) is 0 Å². The van der Waals surface area contributed by atoms with Crippen molar-refractivity contribution < 1.29 is 9.53 Å². The highest BCUT2D eigenvalue weighted by Crippen LogP contribution is 2.31. The molecule has 2 aromatic rings. The minimum Gasteiger partial charge on any atom is -0.490 e. The molecule has 0 amide bonds. The van der Waals surface area contributed by atoms with Gasteiger partial charge in [-0.15, -0.1) is 0 Å². The van der Waals surface area contributed by atoms with Crippen LogP contribution in [0.25, 0.3) is 0 Å². The molecule has 0 bridgehead atoms. The van der Waals surface area contributed by atoms with Gasteiger partial charge >= 0.3 is 0 Å². The van der Waals surface area contributed by atoms with Crippen LogP contribution in [0.15, 0.2) is 36.4 Å². The summed E-state index contributed by atoms with van der Waals surface area (Å²) in [5.74, 6) is 0.759. The standard InChI is InChI=1S/C16H14ClNO2/c1-9-6-11-7-10(2-5-15(11)20-9)16(19)13-4-3-12(18)8-14(13)17/h2-5,7-9H,6,18H2,1H3. The zero-order valence-corrected chi connectivity index (χ0v) is 11.8. The van der Waals surface area contributed by atoms with Crippen LogP contribution in [0.5, 0.6) is 5.75 Å². The number of carbonyl (C=O) groups excluding carboxylic acids is 1. The molecule has 1 aliphatic rings. The molecule has 2 aromatic carbocycles. The second-order valence-corrected chi connectivity index (χ2v) is 5.43. The van der Waals surface area contributed by atoms with Gasteiger partial charge in [0, 0.05) is 23.2 Å². The number of ketones is 1. The predicted octanol–water partition coefficient (Wildman–Crippen LogP) is 3.48. The van der Waals surface area contributed by atoms with Gasteiger partial charge in [0.1, 0.15) is 11.9 Å². The number of nitrogens with two attached hydrogens (primary N) is 1. The van der Waals surface area contributed by atoms with Gasteiger partial charge < -0.3 is 10.5 Å². The number of ether oxygens (including phenoxy) is 1. The van der Waals surface area contributed by atoms with Crippen molar-refractivity contribution in [1.82, 2.24) is 0 Å². The molecule has 0 spiro atoms. The summed E-state index contributed by atoms with van der Waals surface area (Å²) in [6.45, 7) is 2.01. The van der Waals surface area contributed by atoms with Crippen LogP contribution >= 0.6 is 11.6 Å². The van der Waals surface area contributed by atoms with Crippen LogP contribution in [0.2, 0.25) is 5.02 Å². The lowest BCUT2D eigenvalue weighted by molar-refractivity contribution is 0.103. The monoisotopic (exact) mass is 287 g/mol. The van der Waals surface area contributed by atoms with Crippen LogP contribution < -0.4 is 10.5 Å². The van der Waals surface area contributed by atoms with Crippen molar-refractivity contribution in [1.29, 1.82) is 0 Å². The van der Waals surface area contributed by atoms with Gasteiger partial charge in [0.25, 0.3) is 0 Å². The van der Waals surface area contributed by atoms with Gasteiger partial charge in [-0.1, -0.05) is 11.6 Å². The Bertz CT molecular complexity index is 697. The van der Waals surface area contributed by atoms with E-state index in [1.165, 1.54) is 0 Å². The van der Waals surface area contributed by atoms with Crippen LogP contribution in [-0.4, -0.2) is 11.9 Å². The fraction of sp³-hybridized carbons (Fsp3) is 0.188. The van der Waals surface area contributed by atoms with E-state index in [0.29, 0.717) is 21.8 Å². The average molecular weight is 288 g/mol. The molecule has 0 fully saturated rings. The molecule has 0 radical (unpaired) electrons. The first-order valence-electron chi connectivity index (χ1n) is 6.44. The van der Waals surface area contributed by atoms with E-state index in [1.54, 1.807) is 24.3 Å². The molecule has 4 heteroatoms. The van der Waals surface area contributed by atoms with Crippen molar-refractivity contribution in [2.24, 2.45) is 0 Å². The van der Waals surface area contributed by atoms with E-state index in [-0.39, 0.29) is 11.9 Å². The molecule has 0 saturated carbocycles. The molecule has 2 N–H and O–H groups in total. The van der Waals surface area contributed by atoms with Gasteiger partial charge in [-0.05, 0) is 48.9 Å². The van der Waals surface area contributed by atoms with Crippen molar-refractivity contribution >= 4 is 23.1 Å². The van der Waals surface area contributed by atoms with E-state index < -0.39 is 0 Å². The fourth-order valence-corrected chi connectivity index (χ4v) is 2.71. The number of carbonyl (C=O) groups is 1. The molecule has 0 saturated heterocycles. The third kappa shape index (κ3) is 2.25. The van der Waals surface area contributed by atoms with Crippen LogP contribution in [0, 0.1) is 0 Å². The first-order chi connectivity index (χ1) is 9.54. The highest BCUT2D eigenvalue weighted by atomic mass is 35.5. The SMILES string of the molecule is CC1Cc2cc(C(=O)c3ccc(N)cc3Cl)ccc2O1. The summed E-state index contributed by atoms with van der Waals surface area (Å²) in [7, 11) is 0. The maximum atomic E-state index is 12.5. The summed E-state index contributed by atoms with van der Waals surface area (Å²) in [5.41, 5.74) is 8.34. The summed E-state index contributed by atoms with van der Waals surface area (Å²) < 4.78 is 5.63. The van der Waals surface area contributed by atoms with Gasteiger partial charge in [0.05, 0.1) is 5.02 Å². The summed E-state index contributed by atoms with van der Waals surface area (Å²) >= 11 is 6.09. The summed E-state index contributed by atoms with van der Waals surface area (Å²) in [6.07, 6.45) is 0.988. The van der Waals surface area contributed by atoms with E-state index in [2.05, 4.69) is 0 Å². The first kappa shape index (κ1) is 13.0. The first-order valence-corrected chi connectivity index (χ1v) is 6.81. The molecular weight excluding hydrogens is 274 g/mol. The Morgan fingerprint density at radius 3 is 2.85 bits per heavy atom. The molecule has 102 valence electrons. The van der Waals surface area contributed by atoms with Crippen molar-refractivity contribution in [2.45, 2.75) is 19.4 Å². The van der Waals surface area contributed by atoms with E-state index in [9.17, 15) is 4.79 Å². The largest absolute Gasteiger partial charge is 0.490 e. The van der Waals surface area contributed by atoms with Gasteiger partial charge in [-0.3, -0.25) is 4.79 Å². The molecule has 1 aliphatic heterocycles. The molecule has 1 unspecified atom stereocenters. The van der Waals surface area contributed by atoms with Crippen molar-refractivity contribution in [3.05, 3.63) is 58.1 Å². The maximum absolute atomic E-state index is 12.5. The molecule has 20 heavy (non-hydrogen) atoms. The number of nitrogen functional groups attached to an aromatic ring is 1. The van der Waals surface area contributed by atoms with E-state index >= 15 is 0 Å². The summed E-state index contributed by atoms with van der Waals surface area (Å²) in [5, 5.41) is 0.375. The van der Waals surface area contributed by atoms with Crippen molar-refractivity contribution in [2.75, 3.05) is 5.73 Å². The zero-order chi connectivity index (χ0) is 14.3. The third-order valence-electron chi connectivity index (χ3n) is 3.40. The van der Waals surface area contributed by atoms with Gasteiger partial charge in [0.15, 0.2) is 5.78 Å². The molecule has 1 heterocycles. The van der Waals surface area contributed by atoms with E-state index in [1.807, 2.05) is 19.1 Å². The van der Waals surface area contributed by atoms with Gasteiger partial charge in [0.2, 0.25) is 0 Å². The lowest BCUT2D eigenvalue weighted by Gasteiger charge is -2.06. The topological polar surface area (TPSA) is 52.3 Å². The average Bonchev–Trinajstić information content (AvgIpc) is 2.77. The fourth-order valence-electron chi connectivity index (χ4n) is 2.43. The van der Waals surface area contributed by atoms with Crippen molar-refractivity contribution in [3.63, 3.8) is 0 Å². The molecule has 0 aliphatic carbocycles. The smallest absolute Gasteiger partial charge is 0.194 e. The van der Waals surface area contributed by atoms with Crippen LogP contribution in [0.4, 0.5) is 5.69 Å². The Labute approximate surface area is 122 Å². The molecule has 3 rings (SSSR count). The highest BCUT2D eigenvalue weighted by Gasteiger charge is 2.21. The molecule has 3 nitrogen and oxygen atoms in total.